The Hall–Kier alpha value is -4.40. The summed E-state index contributed by atoms with van der Waals surface area (Å²) in [6.45, 7) is 8.08. The third-order valence-corrected chi connectivity index (χ3v) is 15.4. The Morgan fingerprint density at radius 3 is 2.46 bits per heavy atom. The van der Waals surface area contributed by atoms with Crippen molar-refractivity contribution in [3.63, 3.8) is 0 Å². The molecular weight excluding hydrogens is 721 g/mol. The number of rotatable bonds is 4. The van der Waals surface area contributed by atoms with E-state index in [2.05, 4.69) is 68.7 Å². The number of aromatic nitrogens is 3. The fourth-order valence-electron chi connectivity index (χ4n) is 9.71. The van der Waals surface area contributed by atoms with Gasteiger partial charge in [0.2, 0.25) is 11.8 Å². The summed E-state index contributed by atoms with van der Waals surface area (Å²) in [5.74, 6) is 1.24. The van der Waals surface area contributed by atoms with Crippen molar-refractivity contribution in [2.75, 3.05) is 54.8 Å². The highest BCUT2D eigenvalue weighted by Crippen LogP contribution is 2.52. The van der Waals surface area contributed by atoms with Crippen molar-refractivity contribution in [3.8, 4) is 0 Å². The lowest BCUT2D eigenvalue weighted by molar-refractivity contribution is -0.135. The highest BCUT2D eigenvalue weighted by Gasteiger charge is 2.48. The van der Waals surface area contributed by atoms with E-state index >= 15 is 0 Å². The van der Waals surface area contributed by atoms with E-state index in [0.29, 0.717) is 17.9 Å². The molecule has 7 heterocycles. The molecule has 1 aliphatic carbocycles. The Kier molecular flexibility index (Phi) is 8.11. The maximum Gasteiger partial charge on any atom is 0.329 e. The number of imidazole rings is 1. The SMILES string of the molecule is C[C@@H]1CSc2c(sc3ccc4nc(N5CCN(C6CC7(CCN(c8ccc9c(c8)n(C)c(=O)n9C8CCC(=O)NC8=O)CC7)C6)CC5)ccc4c23)C(=O)N1. The van der Waals surface area contributed by atoms with Gasteiger partial charge in [0.1, 0.15) is 16.7 Å². The first kappa shape index (κ1) is 34.1. The molecule has 2 atom stereocenters. The zero-order chi connectivity index (χ0) is 36.9. The average Bonchev–Trinajstić information content (AvgIpc) is 3.62. The molecule has 54 heavy (non-hydrogen) atoms. The Bertz CT molecular complexity index is 2430. The highest BCUT2D eigenvalue weighted by molar-refractivity contribution is 7.99. The molecular formula is C40H44N8O4S2. The smallest absolute Gasteiger partial charge is 0.329 e. The van der Waals surface area contributed by atoms with Crippen LogP contribution in [-0.2, 0) is 16.6 Å². The lowest BCUT2D eigenvalue weighted by atomic mass is 9.60. The second-order valence-corrected chi connectivity index (χ2v) is 18.1. The van der Waals surface area contributed by atoms with Gasteiger partial charge in [0, 0.05) is 96.6 Å². The Labute approximate surface area is 320 Å². The molecule has 1 unspecified atom stereocenters. The van der Waals surface area contributed by atoms with Crippen LogP contribution in [0.1, 0.15) is 61.2 Å². The number of amides is 3. The van der Waals surface area contributed by atoms with Gasteiger partial charge in [-0.3, -0.25) is 33.7 Å². The van der Waals surface area contributed by atoms with Gasteiger partial charge in [0.25, 0.3) is 5.91 Å². The molecule has 0 bridgehead atoms. The Morgan fingerprint density at radius 1 is 0.889 bits per heavy atom. The summed E-state index contributed by atoms with van der Waals surface area (Å²) in [6.07, 6.45) is 5.42. The molecule has 12 nitrogen and oxygen atoms in total. The fraction of sp³-hybridized carbons (Fsp3) is 0.475. The Morgan fingerprint density at radius 2 is 1.69 bits per heavy atom. The molecule has 1 saturated carbocycles. The standard InChI is InChI=1S/C40H44N8O4S2/c1-23-22-53-35-34-26-4-9-32(42-27(26)5-8-31(34)54-36(35)38(51)41-23)47-17-15-46(16-18-47)25-20-40(21-25)11-13-45(14-12-40)24-3-6-28-30(19-24)44(2)39(52)48(28)29-7-10-33(49)43-37(29)50/h3-6,8-9,19,23,25,29H,7,10-18,20-22H2,1-2H3,(H,41,51)(H,43,49,50)/t23-,29?/m1/s1. The van der Waals surface area contributed by atoms with Crippen LogP contribution >= 0.6 is 23.1 Å². The van der Waals surface area contributed by atoms with Gasteiger partial charge < -0.3 is 15.1 Å². The zero-order valence-electron chi connectivity index (χ0n) is 30.6. The summed E-state index contributed by atoms with van der Waals surface area (Å²) in [6, 6.07) is 14.9. The van der Waals surface area contributed by atoms with E-state index in [1.807, 2.05) is 6.07 Å². The summed E-state index contributed by atoms with van der Waals surface area (Å²) in [4.78, 5) is 65.1. The van der Waals surface area contributed by atoms with E-state index < -0.39 is 11.9 Å². The number of anilines is 2. The summed E-state index contributed by atoms with van der Waals surface area (Å²) in [7, 11) is 1.76. The van der Waals surface area contributed by atoms with Crippen LogP contribution in [-0.4, -0.2) is 93.8 Å². The second kappa shape index (κ2) is 12.8. The number of imide groups is 1. The van der Waals surface area contributed by atoms with Crippen LogP contribution in [0.25, 0.3) is 32.0 Å². The van der Waals surface area contributed by atoms with E-state index in [1.165, 1.54) is 31.1 Å². The summed E-state index contributed by atoms with van der Waals surface area (Å²) >= 11 is 3.37. The number of benzene rings is 2. The number of nitrogens with one attached hydrogen (secondary N) is 2. The first-order valence-electron chi connectivity index (χ1n) is 19.2. The lowest BCUT2D eigenvalue weighted by Gasteiger charge is -2.56. The van der Waals surface area contributed by atoms with Crippen LogP contribution in [0.2, 0.25) is 0 Å². The van der Waals surface area contributed by atoms with Crippen LogP contribution in [0.5, 0.6) is 0 Å². The van der Waals surface area contributed by atoms with Crippen molar-refractivity contribution >= 4 is 84.3 Å². The van der Waals surface area contributed by atoms with Gasteiger partial charge in [-0.15, -0.1) is 23.1 Å². The van der Waals surface area contributed by atoms with E-state index in [9.17, 15) is 19.2 Å². The van der Waals surface area contributed by atoms with Gasteiger partial charge in [-0.05, 0) is 86.9 Å². The van der Waals surface area contributed by atoms with Crippen molar-refractivity contribution < 1.29 is 14.4 Å². The second-order valence-electron chi connectivity index (χ2n) is 16.0. The van der Waals surface area contributed by atoms with Crippen molar-refractivity contribution in [3.05, 3.63) is 57.8 Å². The third-order valence-electron chi connectivity index (χ3n) is 12.8. The molecule has 4 aliphatic heterocycles. The number of piperidine rings is 2. The number of nitrogens with zero attached hydrogens (tertiary/aromatic N) is 6. The number of pyridine rings is 1. The Balaban J connectivity index is 0.762. The van der Waals surface area contributed by atoms with E-state index in [1.54, 1.807) is 39.3 Å². The quantitative estimate of drug-likeness (QED) is 0.247. The van der Waals surface area contributed by atoms with Crippen molar-refractivity contribution in [1.82, 2.24) is 29.7 Å². The first-order chi connectivity index (χ1) is 26.1. The number of carbonyl (C=O) groups is 3. The largest absolute Gasteiger partial charge is 0.371 e. The molecule has 3 saturated heterocycles. The molecule has 3 amide bonds. The number of thiophene rings is 1. The fourth-order valence-corrected chi connectivity index (χ4v) is 12.2. The van der Waals surface area contributed by atoms with E-state index in [4.69, 9.17) is 4.98 Å². The maximum absolute atomic E-state index is 13.3. The first-order valence-corrected chi connectivity index (χ1v) is 21.0. The van der Waals surface area contributed by atoms with Crippen molar-refractivity contribution in [1.29, 1.82) is 0 Å². The minimum absolute atomic E-state index is 0.0350. The molecule has 5 aromatic rings. The predicted molar refractivity (Wildman–Crippen MR) is 214 cm³/mol. The molecule has 5 aliphatic rings. The maximum atomic E-state index is 13.3. The number of thioether (sulfide) groups is 1. The molecule has 1 spiro atoms. The van der Waals surface area contributed by atoms with Crippen molar-refractivity contribution in [2.24, 2.45) is 12.5 Å². The number of aryl methyl sites for hydroxylation is 1. The van der Waals surface area contributed by atoms with Crippen LogP contribution in [0.15, 0.2) is 52.2 Å². The predicted octanol–water partition coefficient (Wildman–Crippen LogP) is 4.88. The zero-order valence-corrected chi connectivity index (χ0v) is 32.2. The van der Waals surface area contributed by atoms with Crippen LogP contribution in [0, 0.1) is 5.41 Å². The normalized spacial score (nSPS) is 23.9. The lowest BCUT2D eigenvalue weighted by Crippen LogP contribution is -2.59. The molecule has 14 heteroatoms. The van der Waals surface area contributed by atoms with E-state index in [0.717, 1.165) is 92.9 Å². The molecule has 2 N–H and O–H groups in total. The number of hydrogen-bond acceptors (Lipinski definition) is 10. The topological polar surface area (TPSA) is 125 Å². The minimum atomic E-state index is -0.672. The number of hydrogen-bond donors (Lipinski definition) is 2. The summed E-state index contributed by atoms with van der Waals surface area (Å²) in [5, 5.41) is 7.81. The molecule has 2 aromatic carbocycles. The van der Waals surface area contributed by atoms with Crippen LogP contribution < -0.4 is 26.1 Å². The monoisotopic (exact) mass is 764 g/mol. The number of piperazine rings is 1. The average molecular weight is 765 g/mol. The van der Waals surface area contributed by atoms with Crippen molar-refractivity contribution in [2.45, 2.75) is 68.5 Å². The molecule has 4 fully saturated rings. The van der Waals surface area contributed by atoms with Gasteiger partial charge in [0.05, 0.1) is 16.6 Å². The summed E-state index contributed by atoms with van der Waals surface area (Å²) in [5.41, 5.74) is 3.81. The third kappa shape index (κ3) is 5.54. The van der Waals surface area contributed by atoms with E-state index in [-0.39, 0.29) is 30.0 Å². The van der Waals surface area contributed by atoms with Gasteiger partial charge in [-0.25, -0.2) is 9.78 Å². The highest BCUT2D eigenvalue weighted by atomic mass is 32.2. The minimum Gasteiger partial charge on any atom is -0.371 e. The van der Waals surface area contributed by atoms with Gasteiger partial charge in [-0.1, -0.05) is 0 Å². The van der Waals surface area contributed by atoms with Gasteiger partial charge in [0.15, 0.2) is 0 Å². The van der Waals surface area contributed by atoms with Crippen LogP contribution in [0.3, 0.4) is 0 Å². The van der Waals surface area contributed by atoms with Gasteiger partial charge in [-0.2, -0.15) is 0 Å². The molecule has 3 aromatic heterocycles. The summed E-state index contributed by atoms with van der Waals surface area (Å²) < 4.78 is 4.32. The number of carbonyl (C=O) groups excluding carboxylic acids is 3. The molecule has 280 valence electrons. The molecule has 10 rings (SSSR count). The molecule has 0 radical (unpaired) electrons. The van der Waals surface area contributed by atoms with Crippen LogP contribution in [0.4, 0.5) is 11.5 Å². The number of fused-ring (bicyclic) bond motifs is 6. The van der Waals surface area contributed by atoms with Gasteiger partial charge >= 0.3 is 5.69 Å².